The number of nitrogens with one attached hydrogen (secondary N) is 1. The van der Waals surface area contributed by atoms with Crippen molar-refractivity contribution < 1.29 is 4.39 Å². The summed E-state index contributed by atoms with van der Waals surface area (Å²) in [4.78, 5) is 0. The SMILES string of the molecule is CC(C)(C#N)CNCc1cccc(Cl)c1F. The first-order chi connectivity index (χ1) is 7.46. The second-order valence-electron chi connectivity index (χ2n) is 4.31. The van der Waals surface area contributed by atoms with Crippen molar-refractivity contribution in [1.82, 2.24) is 5.32 Å². The Labute approximate surface area is 100 Å². The molecule has 0 saturated carbocycles. The van der Waals surface area contributed by atoms with Gasteiger partial charge in [-0.3, -0.25) is 0 Å². The van der Waals surface area contributed by atoms with Gasteiger partial charge in [0.1, 0.15) is 5.82 Å². The summed E-state index contributed by atoms with van der Waals surface area (Å²) in [6.07, 6.45) is 0. The minimum Gasteiger partial charge on any atom is -0.311 e. The number of nitrogens with zero attached hydrogens (tertiary/aromatic N) is 1. The lowest BCUT2D eigenvalue weighted by molar-refractivity contribution is 0.441. The van der Waals surface area contributed by atoms with Crippen molar-refractivity contribution in [1.29, 1.82) is 5.26 Å². The molecule has 2 nitrogen and oxygen atoms in total. The summed E-state index contributed by atoms with van der Waals surface area (Å²) < 4.78 is 13.5. The molecule has 0 heterocycles. The third-order valence-electron chi connectivity index (χ3n) is 2.22. The lowest BCUT2D eigenvalue weighted by atomic mass is 9.96. The number of hydrogen-bond acceptors (Lipinski definition) is 2. The van der Waals surface area contributed by atoms with Crippen molar-refractivity contribution in [2.75, 3.05) is 6.54 Å². The van der Waals surface area contributed by atoms with Crippen molar-refractivity contribution in [3.05, 3.63) is 34.6 Å². The van der Waals surface area contributed by atoms with E-state index in [1.807, 2.05) is 13.8 Å². The van der Waals surface area contributed by atoms with Crippen LogP contribution < -0.4 is 5.32 Å². The summed E-state index contributed by atoms with van der Waals surface area (Å²) in [5.41, 5.74) is 0.0657. The van der Waals surface area contributed by atoms with E-state index < -0.39 is 11.2 Å². The average Bonchev–Trinajstić information content (AvgIpc) is 2.24. The summed E-state index contributed by atoms with van der Waals surface area (Å²) in [6, 6.07) is 7.07. The molecule has 0 aliphatic heterocycles. The molecule has 1 aromatic carbocycles. The molecule has 0 unspecified atom stereocenters. The van der Waals surface area contributed by atoms with Gasteiger partial charge in [0.05, 0.1) is 16.5 Å². The zero-order valence-corrected chi connectivity index (χ0v) is 10.1. The molecule has 1 aromatic rings. The minimum absolute atomic E-state index is 0.124. The monoisotopic (exact) mass is 240 g/mol. The smallest absolute Gasteiger partial charge is 0.146 e. The maximum Gasteiger partial charge on any atom is 0.146 e. The molecular formula is C12H14ClFN2. The molecule has 0 radical (unpaired) electrons. The molecular weight excluding hydrogens is 227 g/mol. The van der Waals surface area contributed by atoms with E-state index in [9.17, 15) is 4.39 Å². The van der Waals surface area contributed by atoms with Crippen LogP contribution in [-0.4, -0.2) is 6.54 Å². The lowest BCUT2D eigenvalue weighted by Gasteiger charge is -2.16. The topological polar surface area (TPSA) is 35.8 Å². The first-order valence-electron chi connectivity index (χ1n) is 5.01. The van der Waals surface area contributed by atoms with Crippen LogP contribution in [0.25, 0.3) is 0 Å². The second-order valence-corrected chi connectivity index (χ2v) is 4.72. The van der Waals surface area contributed by atoms with E-state index in [4.69, 9.17) is 16.9 Å². The standard InChI is InChI=1S/C12H14ClFN2/c1-12(2,7-15)8-16-6-9-4-3-5-10(13)11(9)14/h3-5,16H,6,8H2,1-2H3. The van der Waals surface area contributed by atoms with Gasteiger partial charge in [-0.15, -0.1) is 0 Å². The molecule has 0 spiro atoms. The Morgan fingerprint density at radius 3 is 2.81 bits per heavy atom. The summed E-state index contributed by atoms with van der Waals surface area (Å²) in [5, 5.41) is 12.0. The van der Waals surface area contributed by atoms with Gasteiger partial charge in [-0.2, -0.15) is 5.26 Å². The van der Waals surface area contributed by atoms with Gasteiger partial charge in [0, 0.05) is 18.7 Å². The number of hydrogen-bond donors (Lipinski definition) is 1. The largest absolute Gasteiger partial charge is 0.311 e. The van der Waals surface area contributed by atoms with Crippen molar-refractivity contribution in [3.63, 3.8) is 0 Å². The molecule has 1 rings (SSSR count). The van der Waals surface area contributed by atoms with Gasteiger partial charge in [0.2, 0.25) is 0 Å². The molecule has 1 N–H and O–H groups in total. The Balaban J connectivity index is 2.57. The van der Waals surface area contributed by atoms with Crippen LogP contribution in [0.5, 0.6) is 0 Å². The van der Waals surface area contributed by atoms with Gasteiger partial charge < -0.3 is 5.32 Å². The number of nitriles is 1. The number of benzene rings is 1. The van der Waals surface area contributed by atoms with Crippen LogP contribution in [-0.2, 0) is 6.54 Å². The van der Waals surface area contributed by atoms with E-state index in [0.717, 1.165) is 0 Å². The van der Waals surface area contributed by atoms with Crippen molar-refractivity contribution in [2.24, 2.45) is 5.41 Å². The van der Waals surface area contributed by atoms with Gasteiger partial charge in [-0.1, -0.05) is 23.7 Å². The maximum atomic E-state index is 13.5. The highest BCUT2D eigenvalue weighted by atomic mass is 35.5. The summed E-state index contributed by atoms with van der Waals surface area (Å²) in [7, 11) is 0. The fraction of sp³-hybridized carbons (Fsp3) is 0.417. The molecule has 0 saturated heterocycles. The van der Waals surface area contributed by atoms with Crippen molar-refractivity contribution in [3.8, 4) is 6.07 Å². The molecule has 0 aliphatic rings. The fourth-order valence-corrected chi connectivity index (χ4v) is 1.43. The van der Waals surface area contributed by atoms with E-state index in [1.54, 1.807) is 12.1 Å². The number of halogens is 2. The van der Waals surface area contributed by atoms with E-state index >= 15 is 0 Å². The molecule has 16 heavy (non-hydrogen) atoms. The third kappa shape index (κ3) is 3.48. The highest BCUT2D eigenvalue weighted by Crippen LogP contribution is 2.18. The van der Waals surface area contributed by atoms with Crippen LogP contribution in [0.2, 0.25) is 5.02 Å². The third-order valence-corrected chi connectivity index (χ3v) is 2.51. The van der Waals surface area contributed by atoms with E-state index in [0.29, 0.717) is 18.7 Å². The predicted octanol–water partition coefficient (Wildman–Crippen LogP) is 3.12. The molecule has 86 valence electrons. The molecule has 0 atom stereocenters. The van der Waals surface area contributed by atoms with Crippen LogP contribution in [0.1, 0.15) is 19.4 Å². The van der Waals surface area contributed by atoms with Crippen molar-refractivity contribution in [2.45, 2.75) is 20.4 Å². The van der Waals surface area contributed by atoms with Crippen LogP contribution in [0.3, 0.4) is 0 Å². The highest BCUT2D eigenvalue weighted by Gasteiger charge is 2.16. The Morgan fingerprint density at radius 2 is 2.19 bits per heavy atom. The van der Waals surface area contributed by atoms with Gasteiger partial charge in [-0.25, -0.2) is 4.39 Å². The number of rotatable bonds is 4. The van der Waals surface area contributed by atoms with Crippen LogP contribution in [0.4, 0.5) is 4.39 Å². The normalized spacial score (nSPS) is 11.2. The summed E-state index contributed by atoms with van der Waals surface area (Å²) in [5.74, 6) is -0.397. The van der Waals surface area contributed by atoms with Gasteiger partial charge in [0.25, 0.3) is 0 Å². The molecule has 0 amide bonds. The fourth-order valence-electron chi connectivity index (χ4n) is 1.23. The minimum atomic E-state index is -0.449. The van der Waals surface area contributed by atoms with Gasteiger partial charge >= 0.3 is 0 Å². The van der Waals surface area contributed by atoms with E-state index in [1.165, 1.54) is 6.07 Å². The Kier molecular flexibility index (Phi) is 4.28. The van der Waals surface area contributed by atoms with Crippen molar-refractivity contribution >= 4 is 11.6 Å². The summed E-state index contributed by atoms with van der Waals surface area (Å²) in [6.45, 7) is 4.54. The highest BCUT2D eigenvalue weighted by molar-refractivity contribution is 6.30. The van der Waals surface area contributed by atoms with E-state index in [2.05, 4.69) is 11.4 Å². The lowest BCUT2D eigenvalue weighted by Crippen LogP contribution is -2.28. The molecule has 0 bridgehead atoms. The molecule has 0 aliphatic carbocycles. The Hall–Kier alpha value is -1.11. The van der Waals surface area contributed by atoms with Crippen LogP contribution in [0.15, 0.2) is 18.2 Å². The van der Waals surface area contributed by atoms with Gasteiger partial charge in [0.15, 0.2) is 0 Å². The van der Waals surface area contributed by atoms with Crippen LogP contribution in [0, 0.1) is 22.6 Å². The Morgan fingerprint density at radius 1 is 1.50 bits per heavy atom. The van der Waals surface area contributed by atoms with Crippen LogP contribution >= 0.6 is 11.6 Å². The maximum absolute atomic E-state index is 13.5. The Bertz CT molecular complexity index is 410. The summed E-state index contributed by atoms with van der Waals surface area (Å²) >= 11 is 5.65. The zero-order valence-electron chi connectivity index (χ0n) is 9.35. The molecule has 0 aromatic heterocycles. The molecule has 4 heteroatoms. The molecule has 0 fully saturated rings. The predicted molar refractivity (Wildman–Crippen MR) is 62.5 cm³/mol. The zero-order chi connectivity index (χ0) is 12.2. The second kappa shape index (κ2) is 5.29. The first-order valence-corrected chi connectivity index (χ1v) is 5.39. The quantitative estimate of drug-likeness (QED) is 0.878. The van der Waals surface area contributed by atoms with E-state index in [-0.39, 0.29) is 5.02 Å². The average molecular weight is 241 g/mol. The van der Waals surface area contributed by atoms with Gasteiger partial charge in [-0.05, 0) is 19.9 Å². The first kappa shape index (κ1) is 13.0.